The van der Waals surface area contributed by atoms with Crippen molar-refractivity contribution in [3.63, 3.8) is 0 Å². The molecule has 3 unspecified atom stereocenters. The van der Waals surface area contributed by atoms with Crippen molar-refractivity contribution in [2.75, 3.05) is 13.1 Å². The third kappa shape index (κ3) is 2.86. The summed E-state index contributed by atoms with van der Waals surface area (Å²) in [5, 5.41) is 1.94. The lowest BCUT2D eigenvalue weighted by atomic mass is 10.1. The van der Waals surface area contributed by atoms with Crippen LogP contribution in [0.15, 0.2) is 17.5 Å². The van der Waals surface area contributed by atoms with Gasteiger partial charge in [-0.15, -0.1) is 11.3 Å². The minimum Gasteiger partial charge on any atom is -0.372 e. The highest BCUT2D eigenvalue weighted by atomic mass is 32.1. The average molecular weight is 254 g/mol. The number of morpholine rings is 1. The summed E-state index contributed by atoms with van der Waals surface area (Å²) < 4.78 is 5.60. The zero-order valence-electron chi connectivity index (χ0n) is 10.1. The van der Waals surface area contributed by atoms with Crippen LogP contribution in [-0.4, -0.2) is 36.1 Å². The number of nitrogens with zero attached hydrogens (tertiary/aromatic N) is 1. The molecular weight excluding hydrogens is 236 g/mol. The number of carbonyl (C=O) groups is 1. The van der Waals surface area contributed by atoms with E-state index in [-0.39, 0.29) is 18.1 Å². The number of hydrogen-bond acceptors (Lipinski definition) is 4. The van der Waals surface area contributed by atoms with Crippen molar-refractivity contribution in [3.8, 4) is 0 Å². The highest BCUT2D eigenvalue weighted by molar-refractivity contribution is 7.10. The van der Waals surface area contributed by atoms with E-state index in [0.29, 0.717) is 13.1 Å². The zero-order chi connectivity index (χ0) is 12.4. The van der Waals surface area contributed by atoms with Crippen molar-refractivity contribution < 1.29 is 9.53 Å². The summed E-state index contributed by atoms with van der Waals surface area (Å²) in [5.41, 5.74) is 5.98. The molecule has 1 saturated heterocycles. The lowest BCUT2D eigenvalue weighted by Gasteiger charge is -2.36. The number of thiophene rings is 1. The molecule has 1 aromatic heterocycles. The number of hydrogen-bond donors (Lipinski definition) is 1. The van der Waals surface area contributed by atoms with Gasteiger partial charge in [-0.05, 0) is 25.3 Å². The Bertz CT molecular complexity index is 370. The van der Waals surface area contributed by atoms with E-state index in [1.807, 2.05) is 36.3 Å². The summed E-state index contributed by atoms with van der Waals surface area (Å²) in [4.78, 5) is 15.0. The molecule has 2 heterocycles. The number of rotatable bonds is 2. The number of ether oxygens (including phenoxy) is 1. The Morgan fingerprint density at radius 2 is 2.18 bits per heavy atom. The molecule has 0 saturated carbocycles. The van der Waals surface area contributed by atoms with E-state index < -0.39 is 6.04 Å². The Hall–Kier alpha value is -0.910. The van der Waals surface area contributed by atoms with E-state index in [1.54, 1.807) is 0 Å². The molecule has 3 atom stereocenters. The first-order valence-corrected chi connectivity index (χ1v) is 6.69. The van der Waals surface area contributed by atoms with Crippen LogP contribution < -0.4 is 5.73 Å². The first-order chi connectivity index (χ1) is 8.08. The average Bonchev–Trinajstić information content (AvgIpc) is 2.79. The minimum atomic E-state index is -0.535. The van der Waals surface area contributed by atoms with E-state index in [2.05, 4.69) is 0 Å². The molecule has 0 aromatic carbocycles. The number of amides is 1. The smallest absolute Gasteiger partial charge is 0.245 e. The molecule has 0 bridgehead atoms. The van der Waals surface area contributed by atoms with E-state index >= 15 is 0 Å². The molecule has 1 amide bonds. The molecular formula is C12H18N2O2S. The number of nitrogens with two attached hydrogens (primary N) is 1. The van der Waals surface area contributed by atoms with E-state index in [1.165, 1.54) is 11.3 Å². The fourth-order valence-electron chi connectivity index (χ4n) is 2.14. The Morgan fingerprint density at radius 3 is 2.71 bits per heavy atom. The third-order valence-corrected chi connectivity index (χ3v) is 3.80. The van der Waals surface area contributed by atoms with E-state index in [4.69, 9.17) is 10.5 Å². The molecule has 5 heteroatoms. The molecule has 1 aliphatic rings. The van der Waals surface area contributed by atoms with Crippen LogP contribution in [0, 0.1) is 0 Å². The van der Waals surface area contributed by atoms with Crippen molar-refractivity contribution in [1.82, 2.24) is 4.90 Å². The predicted molar refractivity (Wildman–Crippen MR) is 67.8 cm³/mol. The van der Waals surface area contributed by atoms with Crippen molar-refractivity contribution >= 4 is 17.2 Å². The van der Waals surface area contributed by atoms with E-state index in [0.717, 1.165) is 4.88 Å². The van der Waals surface area contributed by atoms with Gasteiger partial charge >= 0.3 is 0 Å². The normalized spacial score (nSPS) is 26.9. The SMILES string of the molecule is CC1CN(C(=O)C(N)c2cccs2)CC(C)O1. The van der Waals surface area contributed by atoms with Gasteiger partial charge in [-0.1, -0.05) is 6.07 Å². The lowest BCUT2D eigenvalue weighted by Crippen LogP contribution is -2.50. The predicted octanol–water partition coefficient (Wildman–Crippen LogP) is 1.38. The molecule has 1 aromatic rings. The van der Waals surface area contributed by atoms with Gasteiger partial charge in [0, 0.05) is 18.0 Å². The quantitative estimate of drug-likeness (QED) is 0.867. The van der Waals surface area contributed by atoms with Crippen LogP contribution in [0.2, 0.25) is 0 Å². The number of carbonyl (C=O) groups excluding carboxylic acids is 1. The summed E-state index contributed by atoms with van der Waals surface area (Å²) in [6, 6.07) is 3.28. The topological polar surface area (TPSA) is 55.6 Å². The van der Waals surface area contributed by atoms with Crippen LogP contribution in [0.4, 0.5) is 0 Å². The molecule has 2 rings (SSSR count). The van der Waals surface area contributed by atoms with Gasteiger partial charge < -0.3 is 15.4 Å². The van der Waals surface area contributed by atoms with Gasteiger partial charge in [0.05, 0.1) is 12.2 Å². The molecule has 0 radical (unpaired) electrons. The Labute approximate surface area is 105 Å². The van der Waals surface area contributed by atoms with Crippen molar-refractivity contribution in [3.05, 3.63) is 22.4 Å². The molecule has 1 fully saturated rings. The summed E-state index contributed by atoms with van der Waals surface area (Å²) in [6.07, 6.45) is 0.163. The fourth-order valence-corrected chi connectivity index (χ4v) is 2.86. The summed E-state index contributed by atoms with van der Waals surface area (Å²) >= 11 is 1.52. The van der Waals surface area contributed by atoms with Gasteiger partial charge in [0.2, 0.25) is 5.91 Å². The minimum absolute atomic E-state index is 0.00514. The second kappa shape index (κ2) is 5.16. The highest BCUT2D eigenvalue weighted by Gasteiger charge is 2.29. The van der Waals surface area contributed by atoms with Gasteiger partial charge in [0.15, 0.2) is 0 Å². The highest BCUT2D eigenvalue weighted by Crippen LogP contribution is 2.21. The van der Waals surface area contributed by atoms with Gasteiger partial charge in [-0.2, -0.15) is 0 Å². The van der Waals surface area contributed by atoms with Gasteiger partial charge in [0.1, 0.15) is 6.04 Å². The second-order valence-electron chi connectivity index (χ2n) is 4.49. The largest absolute Gasteiger partial charge is 0.372 e. The standard InChI is InChI=1S/C12H18N2O2S/c1-8-6-14(7-9(2)16-8)12(15)11(13)10-4-3-5-17-10/h3-5,8-9,11H,6-7,13H2,1-2H3. The zero-order valence-corrected chi connectivity index (χ0v) is 10.9. The summed E-state index contributed by atoms with van der Waals surface area (Å²) in [5.74, 6) is -0.00514. The maximum Gasteiger partial charge on any atom is 0.245 e. The maximum atomic E-state index is 12.2. The van der Waals surface area contributed by atoms with Crippen LogP contribution in [-0.2, 0) is 9.53 Å². The molecule has 1 aliphatic heterocycles. The summed E-state index contributed by atoms with van der Waals surface area (Å²) in [6.45, 7) is 5.21. The van der Waals surface area contributed by atoms with Crippen LogP contribution in [0.3, 0.4) is 0 Å². The first-order valence-electron chi connectivity index (χ1n) is 5.81. The van der Waals surface area contributed by atoms with Crippen molar-refractivity contribution in [1.29, 1.82) is 0 Å². The second-order valence-corrected chi connectivity index (χ2v) is 5.47. The lowest BCUT2D eigenvalue weighted by molar-refractivity contribution is -0.144. The van der Waals surface area contributed by atoms with Gasteiger partial charge in [-0.3, -0.25) is 4.79 Å². The Morgan fingerprint density at radius 1 is 1.53 bits per heavy atom. The Kier molecular flexibility index (Phi) is 3.81. The molecule has 0 spiro atoms. The van der Waals surface area contributed by atoms with E-state index in [9.17, 15) is 4.79 Å². The molecule has 2 N–H and O–H groups in total. The van der Waals surface area contributed by atoms with Crippen molar-refractivity contribution in [2.45, 2.75) is 32.1 Å². The van der Waals surface area contributed by atoms with Crippen LogP contribution in [0.25, 0.3) is 0 Å². The molecule has 4 nitrogen and oxygen atoms in total. The van der Waals surface area contributed by atoms with Crippen LogP contribution >= 0.6 is 11.3 Å². The van der Waals surface area contributed by atoms with Gasteiger partial charge in [0.25, 0.3) is 0 Å². The van der Waals surface area contributed by atoms with Gasteiger partial charge in [-0.25, -0.2) is 0 Å². The first kappa shape index (κ1) is 12.5. The molecule has 94 valence electrons. The van der Waals surface area contributed by atoms with Crippen molar-refractivity contribution in [2.24, 2.45) is 5.73 Å². The monoisotopic (exact) mass is 254 g/mol. The Balaban J connectivity index is 2.04. The fraction of sp³-hybridized carbons (Fsp3) is 0.583. The van der Waals surface area contributed by atoms with Crippen LogP contribution in [0.1, 0.15) is 24.8 Å². The third-order valence-electron chi connectivity index (χ3n) is 2.85. The molecule has 0 aliphatic carbocycles. The summed E-state index contributed by atoms with van der Waals surface area (Å²) in [7, 11) is 0. The molecule has 17 heavy (non-hydrogen) atoms. The maximum absolute atomic E-state index is 12.2. The van der Waals surface area contributed by atoms with Crippen LogP contribution in [0.5, 0.6) is 0 Å².